The van der Waals surface area contributed by atoms with Gasteiger partial charge in [-0.25, -0.2) is 4.68 Å². The van der Waals surface area contributed by atoms with Crippen molar-refractivity contribution in [1.82, 2.24) is 9.36 Å². The molecule has 5 nitrogen and oxygen atoms in total. The maximum atomic E-state index is 12.4. The van der Waals surface area contributed by atoms with Gasteiger partial charge in [0.1, 0.15) is 5.69 Å². The van der Waals surface area contributed by atoms with E-state index in [0.717, 1.165) is 0 Å². The molecule has 0 atom stereocenters. The zero-order valence-electron chi connectivity index (χ0n) is 10.9. The van der Waals surface area contributed by atoms with Gasteiger partial charge in [0.05, 0.1) is 16.4 Å². The largest absolute Gasteiger partial charge is 0.320 e. The van der Waals surface area contributed by atoms with Crippen LogP contribution in [0.25, 0.3) is 5.69 Å². The van der Waals surface area contributed by atoms with E-state index in [1.807, 2.05) is 0 Å². The SMILES string of the molecule is CC(=O)Nc1c(C)n(C)n(-c2ccccc2Cl)c1=O. The van der Waals surface area contributed by atoms with Crippen molar-refractivity contribution in [1.29, 1.82) is 0 Å². The Labute approximate surface area is 115 Å². The minimum absolute atomic E-state index is 0.273. The van der Waals surface area contributed by atoms with Crippen LogP contribution in [0.4, 0.5) is 5.69 Å². The predicted octanol–water partition coefficient (Wildman–Crippen LogP) is 2.10. The van der Waals surface area contributed by atoms with Crippen molar-refractivity contribution in [2.75, 3.05) is 5.32 Å². The van der Waals surface area contributed by atoms with Crippen LogP contribution in [-0.2, 0) is 11.8 Å². The minimum Gasteiger partial charge on any atom is -0.320 e. The molecule has 0 bridgehead atoms. The smallest absolute Gasteiger partial charge is 0.295 e. The number of anilines is 1. The third-order valence-electron chi connectivity index (χ3n) is 2.94. The molecule has 2 rings (SSSR count). The first-order valence-corrected chi connectivity index (χ1v) is 6.12. The molecule has 1 aromatic heterocycles. The normalized spacial score (nSPS) is 10.5. The van der Waals surface area contributed by atoms with Crippen LogP contribution in [0.1, 0.15) is 12.6 Å². The fraction of sp³-hybridized carbons (Fsp3) is 0.231. The van der Waals surface area contributed by atoms with Gasteiger partial charge in [-0.15, -0.1) is 0 Å². The molecular weight excluding hydrogens is 266 g/mol. The first-order chi connectivity index (χ1) is 8.93. The highest BCUT2D eigenvalue weighted by atomic mass is 35.5. The molecule has 2 aromatic rings. The van der Waals surface area contributed by atoms with Gasteiger partial charge in [0, 0.05) is 14.0 Å². The molecule has 6 heteroatoms. The fourth-order valence-electron chi connectivity index (χ4n) is 1.92. The number of carbonyl (C=O) groups is 1. The second kappa shape index (κ2) is 4.93. The van der Waals surface area contributed by atoms with Gasteiger partial charge in [-0.1, -0.05) is 23.7 Å². The number of carbonyl (C=O) groups excluding carboxylic acids is 1. The lowest BCUT2D eigenvalue weighted by Gasteiger charge is -2.09. The number of benzene rings is 1. The van der Waals surface area contributed by atoms with Crippen LogP contribution in [0.5, 0.6) is 0 Å². The van der Waals surface area contributed by atoms with E-state index in [2.05, 4.69) is 5.32 Å². The molecule has 0 unspecified atom stereocenters. The number of nitrogens with one attached hydrogen (secondary N) is 1. The molecule has 0 aliphatic carbocycles. The van der Waals surface area contributed by atoms with Crippen LogP contribution < -0.4 is 10.9 Å². The number of nitrogens with zero attached hydrogens (tertiary/aromatic N) is 2. The lowest BCUT2D eigenvalue weighted by Crippen LogP contribution is -2.22. The molecule has 0 spiro atoms. The van der Waals surface area contributed by atoms with Crippen molar-refractivity contribution in [3.05, 3.63) is 45.3 Å². The Morgan fingerprint density at radius 1 is 1.32 bits per heavy atom. The predicted molar refractivity (Wildman–Crippen MR) is 75.1 cm³/mol. The first-order valence-electron chi connectivity index (χ1n) is 5.74. The Bertz CT molecular complexity index is 700. The summed E-state index contributed by atoms with van der Waals surface area (Å²) in [5.41, 5.74) is 1.22. The maximum absolute atomic E-state index is 12.4. The Kier molecular flexibility index (Phi) is 3.48. The second-order valence-electron chi connectivity index (χ2n) is 4.23. The Hall–Kier alpha value is -2.01. The summed E-state index contributed by atoms with van der Waals surface area (Å²) in [7, 11) is 1.74. The van der Waals surface area contributed by atoms with Gasteiger partial charge in [0.15, 0.2) is 0 Å². The van der Waals surface area contributed by atoms with Gasteiger partial charge in [0.2, 0.25) is 5.91 Å². The van der Waals surface area contributed by atoms with Gasteiger partial charge in [-0.05, 0) is 19.1 Å². The van der Waals surface area contributed by atoms with Crippen LogP contribution in [0.3, 0.4) is 0 Å². The van der Waals surface area contributed by atoms with E-state index in [0.29, 0.717) is 16.4 Å². The summed E-state index contributed by atoms with van der Waals surface area (Å²) < 4.78 is 3.10. The summed E-state index contributed by atoms with van der Waals surface area (Å²) in [5.74, 6) is -0.280. The molecule has 0 saturated carbocycles. The summed E-state index contributed by atoms with van der Waals surface area (Å²) in [6.07, 6.45) is 0. The molecule has 0 radical (unpaired) electrons. The molecule has 0 aliphatic rings. The minimum atomic E-state index is -0.302. The molecule has 1 aromatic carbocycles. The van der Waals surface area contributed by atoms with E-state index in [-0.39, 0.29) is 17.2 Å². The number of aromatic nitrogens is 2. The molecule has 0 saturated heterocycles. The number of amides is 1. The molecule has 19 heavy (non-hydrogen) atoms. The molecule has 0 aliphatic heterocycles. The molecule has 1 N–H and O–H groups in total. The van der Waals surface area contributed by atoms with E-state index in [4.69, 9.17) is 11.6 Å². The Morgan fingerprint density at radius 3 is 2.53 bits per heavy atom. The Morgan fingerprint density at radius 2 is 1.95 bits per heavy atom. The number of hydrogen-bond acceptors (Lipinski definition) is 2. The molecular formula is C13H14ClN3O2. The third-order valence-corrected chi connectivity index (χ3v) is 3.25. The zero-order valence-corrected chi connectivity index (χ0v) is 11.7. The van der Waals surface area contributed by atoms with Crippen molar-refractivity contribution in [2.45, 2.75) is 13.8 Å². The standard InChI is InChI=1S/C13H14ClN3O2/c1-8-12(15-9(2)18)13(19)17(16(8)3)11-7-5-4-6-10(11)14/h4-7H,1-3H3,(H,15,18). The van der Waals surface area contributed by atoms with Crippen molar-refractivity contribution >= 4 is 23.2 Å². The van der Waals surface area contributed by atoms with Gasteiger partial charge in [-0.2, -0.15) is 0 Å². The monoisotopic (exact) mass is 279 g/mol. The number of rotatable bonds is 2. The van der Waals surface area contributed by atoms with Crippen molar-refractivity contribution in [3.63, 3.8) is 0 Å². The van der Waals surface area contributed by atoms with E-state index in [1.165, 1.54) is 11.6 Å². The lowest BCUT2D eigenvalue weighted by molar-refractivity contribution is -0.114. The second-order valence-corrected chi connectivity index (χ2v) is 4.64. The number of halogens is 1. The van der Waals surface area contributed by atoms with E-state index in [9.17, 15) is 9.59 Å². The summed E-state index contributed by atoms with van der Waals surface area (Å²) in [5, 5.41) is 3.03. The summed E-state index contributed by atoms with van der Waals surface area (Å²) in [6.45, 7) is 3.13. The fourth-order valence-corrected chi connectivity index (χ4v) is 2.14. The highest BCUT2D eigenvalue weighted by molar-refractivity contribution is 6.32. The van der Waals surface area contributed by atoms with Gasteiger partial charge in [-0.3, -0.25) is 14.3 Å². The van der Waals surface area contributed by atoms with E-state index < -0.39 is 0 Å². The molecule has 1 heterocycles. The van der Waals surface area contributed by atoms with Crippen molar-refractivity contribution in [3.8, 4) is 5.69 Å². The van der Waals surface area contributed by atoms with Crippen LogP contribution in [0, 0.1) is 6.92 Å². The average Bonchev–Trinajstić information content (AvgIpc) is 2.55. The zero-order chi connectivity index (χ0) is 14.2. The number of para-hydroxylation sites is 1. The molecule has 0 fully saturated rings. The summed E-state index contributed by atoms with van der Waals surface area (Å²) in [6, 6.07) is 7.06. The van der Waals surface area contributed by atoms with E-state index in [1.54, 1.807) is 42.9 Å². The highest BCUT2D eigenvalue weighted by Crippen LogP contribution is 2.20. The van der Waals surface area contributed by atoms with Crippen LogP contribution in [0.15, 0.2) is 29.1 Å². The lowest BCUT2D eigenvalue weighted by atomic mass is 10.3. The van der Waals surface area contributed by atoms with Crippen LogP contribution in [-0.4, -0.2) is 15.3 Å². The van der Waals surface area contributed by atoms with E-state index >= 15 is 0 Å². The first kappa shape index (κ1) is 13.4. The quantitative estimate of drug-likeness (QED) is 0.915. The summed E-state index contributed by atoms with van der Waals surface area (Å²) >= 11 is 6.11. The molecule has 1 amide bonds. The van der Waals surface area contributed by atoms with Crippen LogP contribution >= 0.6 is 11.6 Å². The van der Waals surface area contributed by atoms with Gasteiger partial charge < -0.3 is 5.32 Å². The third kappa shape index (κ3) is 2.29. The Balaban J connectivity index is 2.70. The van der Waals surface area contributed by atoms with Gasteiger partial charge in [0.25, 0.3) is 5.56 Å². The molecule has 100 valence electrons. The van der Waals surface area contributed by atoms with Gasteiger partial charge >= 0.3 is 0 Å². The number of hydrogen-bond donors (Lipinski definition) is 1. The van der Waals surface area contributed by atoms with Crippen molar-refractivity contribution < 1.29 is 4.79 Å². The van der Waals surface area contributed by atoms with Crippen molar-refractivity contribution in [2.24, 2.45) is 7.05 Å². The van der Waals surface area contributed by atoms with Crippen LogP contribution in [0.2, 0.25) is 5.02 Å². The highest BCUT2D eigenvalue weighted by Gasteiger charge is 2.17. The summed E-state index contributed by atoms with van der Waals surface area (Å²) in [4.78, 5) is 23.5. The maximum Gasteiger partial charge on any atom is 0.295 e. The average molecular weight is 280 g/mol. The topological polar surface area (TPSA) is 56.0 Å².